The molecule has 0 radical (unpaired) electrons. The number of para-hydroxylation sites is 1. The van der Waals surface area contributed by atoms with E-state index in [1.165, 1.54) is 5.56 Å². The number of nitrogens with zero attached hydrogens (tertiary/aromatic N) is 2. The molecule has 152 valence electrons. The van der Waals surface area contributed by atoms with Gasteiger partial charge in [-0.3, -0.25) is 4.79 Å². The minimum atomic E-state index is -0.172. The van der Waals surface area contributed by atoms with E-state index in [4.69, 9.17) is 4.74 Å². The molecule has 3 aromatic rings. The van der Waals surface area contributed by atoms with Crippen LogP contribution in [0.2, 0.25) is 0 Å². The predicted molar refractivity (Wildman–Crippen MR) is 118 cm³/mol. The van der Waals surface area contributed by atoms with E-state index in [9.17, 15) is 4.79 Å². The van der Waals surface area contributed by atoms with Crippen molar-refractivity contribution < 1.29 is 9.53 Å². The average molecular weight is 456 g/mol. The maximum absolute atomic E-state index is 12.3. The number of amides is 1. The first-order valence-corrected chi connectivity index (χ1v) is 10.3. The van der Waals surface area contributed by atoms with Crippen LogP contribution in [0, 0.1) is 6.92 Å². The Morgan fingerprint density at radius 2 is 1.97 bits per heavy atom. The topological polar surface area (TPSA) is 56.2 Å². The monoisotopic (exact) mass is 455 g/mol. The number of aryl methyl sites for hydroxylation is 1. The Balaban J connectivity index is 1.60. The lowest BCUT2D eigenvalue weighted by Gasteiger charge is -2.20. The summed E-state index contributed by atoms with van der Waals surface area (Å²) in [4.78, 5) is 16.6. The summed E-state index contributed by atoms with van der Waals surface area (Å²) in [5, 5.41) is 2.93. The fraction of sp³-hybridized carbons (Fsp3) is 0.304. The molecule has 5 nitrogen and oxygen atoms in total. The molecule has 0 aliphatic rings. The molecule has 0 bridgehead atoms. The molecule has 1 N–H and O–H groups in total. The Morgan fingerprint density at radius 1 is 1.21 bits per heavy atom. The number of imidazole rings is 1. The van der Waals surface area contributed by atoms with Crippen LogP contribution in [0.25, 0.3) is 5.69 Å². The maximum atomic E-state index is 12.3. The summed E-state index contributed by atoms with van der Waals surface area (Å²) in [6.45, 7) is 8.80. The van der Waals surface area contributed by atoms with Crippen LogP contribution >= 0.6 is 15.9 Å². The summed E-state index contributed by atoms with van der Waals surface area (Å²) >= 11 is 3.54. The fourth-order valence-corrected chi connectivity index (χ4v) is 3.49. The fourth-order valence-electron chi connectivity index (χ4n) is 3.00. The highest BCUT2D eigenvalue weighted by Crippen LogP contribution is 2.31. The molecule has 0 saturated heterocycles. The Hall–Kier alpha value is -2.60. The number of carbonyl (C=O) groups is 1. The molecule has 0 spiro atoms. The van der Waals surface area contributed by atoms with Gasteiger partial charge >= 0.3 is 0 Å². The zero-order valence-corrected chi connectivity index (χ0v) is 18.8. The van der Waals surface area contributed by atoms with Gasteiger partial charge in [0.2, 0.25) is 0 Å². The third-order valence-corrected chi connectivity index (χ3v) is 5.33. The number of rotatable bonds is 6. The molecule has 3 rings (SSSR count). The van der Waals surface area contributed by atoms with Gasteiger partial charge in [-0.25, -0.2) is 4.98 Å². The van der Waals surface area contributed by atoms with Gasteiger partial charge in [-0.2, -0.15) is 0 Å². The molecular weight excluding hydrogens is 430 g/mol. The van der Waals surface area contributed by atoms with Gasteiger partial charge in [0.1, 0.15) is 11.6 Å². The number of hydrogen-bond donors (Lipinski definition) is 1. The van der Waals surface area contributed by atoms with Crippen molar-refractivity contribution in [3.05, 3.63) is 76.3 Å². The van der Waals surface area contributed by atoms with Crippen molar-refractivity contribution in [3.63, 3.8) is 0 Å². The summed E-state index contributed by atoms with van der Waals surface area (Å²) < 4.78 is 8.55. The third-order valence-electron chi connectivity index (χ3n) is 4.71. The molecule has 29 heavy (non-hydrogen) atoms. The van der Waals surface area contributed by atoms with Crippen LogP contribution < -0.4 is 10.1 Å². The standard InChI is InChI=1S/C23H26BrN3O2/c1-16-25-11-12-27(16)20-8-6-5-7-17(20)14-26-22(28)15-29-21-10-9-18(13-19(21)24)23(2,3)4/h5-13H,14-15H2,1-4H3,(H,26,28). The predicted octanol–water partition coefficient (Wildman–Crippen LogP) is 4.94. The Bertz CT molecular complexity index is 1010. The molecule has 0 unspecified atom stereocenters. The van der Waals surface area contributed by atoms with E-state index in [0.29, 0.717) is 12.3 Å². The van der Waals surface area contributed by atoms with Gasteiger partial charge in [0.15, 0.2) is 6.61 Å². The summed E-state index contributed by atoms with van der Waals surface area (Å²) in [6.07, 6.45) is 3.68. The smallest absolute Gasteiger partial charge is 0.258 e. The van der Waals surface area contributed by atoms with Crippen LogP contribution in [-0.2, 0) is 16.8 Å². The third kappa shape index (κ3) is 5.26. The van der Waals surface area contributed by atoms with E-state index in [-0.39, 0.29) is 17.9 Å². The van der Waals surface area contributed by atoms with E-state index < -0.39 is 0 Å². The number of halogens is 1. The van der Waals surface area contributed by atoms with Crippen LogP contribution in [0.3, 0.4) is 0 Å². The lowest BCUT2D eigenvalue weighted by atomic mass is 9.87. The second kappa shape index (κ2) is 8.82. The van der Waals surface area contributed by atoms with E-state index in [0.717, 1.165) is 21.5 Å². The van der Waals surface area contributed by atoms with Crippen molar-refractivity contribution in [1.82, 2.24) is 14.9 Å². The largest absolute Gasteiger partial charge is 0.483 e. The van der Waals surface area contributed by atoms with Gasteiger partial charge in [-0.05, 0) is 57.6 Å². The molecule has 0 atom stereocenters. The lowest BCUT2D eigenvalue weighted by Crippen LogP contribution is -2.29. The molecular formula is C23H26BrN3O2. The Morgan fingerprint density at radius 3 is 2.62 bits per heavy atom. The van der Waals surface area contributed by atoms with Gasteiger partial charge in [0, 0.05) is 18.9 Å². The van der Waals surface area contributed by atoms with E-state index in [2.05, 4.69) is 47.0 Å². The van der Waals surface area contributed by atoms with Crippen molar-refractivity contribution in [2.75, 3.05) is 6.61 Å². The average Bonchev–Trinajstić information content (AvgIpc) is 3.10. The number of ether oxygens (including phenoxy) is 1. The van der Waals surface area contributed by atoms with Crippen molar-refractivity contribution >= 4 is 21.8 Å². The first-order chi connectivity index (χ1) is 13.8. The van der Waals surface area contributed by atoms with Gasteiger partial charge in [0.05, 0.1) is 10.2 Å². The second-order valence-electron chi connectivity index (χ2n) is 7.93. The normalized spacial score (nSPS) is 11.3. The number of carbonyl (C=O) groups excluding carboxylic acids is 1. The van der Waals surface area contributed by atoms with Crippen molar-refractivity contribution in [2.24, 2.45) is 0 Å². The van der Waals surface area contributed by atoms with Crippen LogP contribution in [-0.4, -0.2) is 22.1 Å². The Kier molecular flexibility index (Phi) is 6.42. The van der Waals surface area contributed by atoms with Gasteiger partial charge in [0.25, 0.3) is 5.91 Å². The Labute approximate surface area is 180 Å². The molecule has 2 aromatic carbocycles. The van der Waals surface area contributed by atoms with Crippen LogP contribution in [0.4, 0.5) is 0 Å². The van der Waals surface area contributed by atoms with Crippen molar-refractivity contribution in [2.45, 2.75) is 39.7 Å². The van der Waals surface area contributed by atoms with Crippen molar-refractivity contribution in [1.29, 1.82) is 0 Å². The lowest BCUT2D eigenvalue weighted by molar-refractivity contribution is -0.123. The zero-order chi connectivity index (χ0) is 21.0. The highest BCUT2D eigenvalue weighted by molar-refractivity contribution is 9.10. The molecule has 0 aliphatic heterocycles. The van der Waals surface area contributed by atoms with Gasteiger partial charge < -0.3 is 14.6 Å². The number of nitrogens with one attached hydrogen (secondary N) is 1. The molecule has 1 amide bonds. The first-order valence-electron chi connectivity index (χ1n) is 9.53. The minimum absolute atomic E-state index is 0.0419. The summed E-state index contributed by atoms with van der Waals surface area (Å²) in [7, 11) is 0. The summed E-state index contributed by atoms with van der Waals surface area (Å²) in [5.74, 6) is 1.38. The zero-order valence-electron chi connectivity index (χ0n) is 17.2. The van der Waals surface area contributed by atoms with Crippen LogP contribution in [0.5, 0.6) is 5.75 Å². The molecule has 0 aliphatic carbocycles. The molecule has 0 fully saturated rings. The highest BCUT2D eigenvalue weighted by atomic mass is 79.9. The molecule has 1 heterocycles. The van der Waals surface area contributed by atoms with E-state index >= 15 is 0 Å². The molecule has 1 aromatic heterocycles. The second-order valence-corrected chi connectivity index (χ2v) is 8.79. The number of aromatic nitrogens is 2. The first kappa shape index (κ1) is 21.1. The number of hydrogen-bond acceptors (Lipinski definition) is 3. The van der Waals surface area contributed by atoms with E-state index in [1.807, 2.05) is 60.2 Å². The van der Waals surface area contributed by atoms with Gasteiger partial charge in [-0.1, -0.05) is 45.0 Å². The maximum Gasteiger partial charge on any atom is 0.258 e. The van der Waals surface area contributed by atoms with Crippen LogP contribution in [0.1, 0.15) is 37.7 Å². The molecule has 6 heteroatoms. The SMILES string of the molecule is Cc1nccn1-c1ccccc1CNC(=O)COc1ccc(C(C)(C)C)cc1Br. The minimum Gasteiger partial charge on any atom is -0.483 e. The summed E-state index contributed by atoms with van der Waals surface area (Å²) in [5.41, 5.74) is 3.27. The highest BCUT2D eigenvalue weighted by Gasteiger charge is 2.16. The van der Waals surface area contributed by atoms with Gasteiger partial charge in [-0.15, -0.1) is 0 Å². The van der Waals surface area contributed by atoms with E-state index in [1.54, 1.807) is 6.20 Å². The summed E-state index contributed by atoms with van der Waals surface area (Å²) in [6, 6.07) is 13.9. The number of benzene rings is 2. The quantitative estimate of drug-likeness (QED) is 0.572. The van der Waals surface area contributed by atoms with Crippen LogP contribution in [0.15, 0.2) is 59.3 Å². The van der Waals surface area contributed by atoms with Crippen molar-refractivity contribution in [3.8, 4) is 11.4 Å². The molecule has 0 saturated carbocycles.